The average Bonchev–Trinajstić information content (AvgIpc) is 3.86. The fourth-order valence-corrected chi connectivity index (χ4v) is 9.48. The van der Waals surface area contributed by atoms with Gasteiger partial charge in [0.05, 0.1) is 0 Å². The van der Waals surface area contributed by atoms with Gasteiger partial charge in [-0.15, -0.1) is 11.3 Å². The van der Waals surface area contributed by atoms with E-state index in [9.17, 15) is 0 Å². The smallest absolute Gasteiger partial charge is 0.164 e. The highest BCUT2D eigenvalue weighted by Crippen LogP contribution is 2.46. The number of benzene rings is 8. The molecule has 4 heteroatoms. The standard InChI is InChI=1S/C52H33N3S/c1-4-14-33(15-5-1)36-20-10-21-37(30-36)38-28-29-47-46(31-38)49-43(26-13-27-48(49)56-47)52-54-50(35-18-8-3-9-19-35)53-51(55-52)42-25-12-24-41-40-23-11-22-39(44(40)32-45(41)42)34-16-6-2-7-17-34/h1-31H,32H2. The van der Waals surface area contributed by atoms with Crippen LogP contribution >= 0.6 is 11.3 Å². The van der Waals surface area contributed by atoms with E-state index < -0.39 is 0 Å². The van der Waals surface area contributed by atoms with Crippen LogP contribution in [0.25, 0.3) is 98.8 Å². The van der Waals surface area contributed by atoms with Crippen molar-refractivity contribution in [2.75, 3.05) is 0 Å². The molecule has 0 amide bonds. The maximum absolute atomic E-state index is 5.37. The summed E-state index contributed by atoms with van der Waals surface area (Å²) in [5.41, 5.74) is 15.4. The number of nitrogens with zero attached hydrogens (tertiary/aromatic N) is 3. The molecule has 10 aromatic rings. The third-order valence-corrected chi connectivity index (χ3v) is 12.2. The summed E-state index contributed by atoms with van der Waals surface area (Å²) in [7, 11) is 0. The number of hydrogen-bond donors (Lipinski definition) is 0. The van der Waals surface area contributed by atoms with Crippen molar-refractivity contribution >= 4 is 31.5 Å². The monoisotopic (exact) mass is 731 g/mol. The summed E-state index contributed by atoms with van der Waals surface area (Å²) in [5, 5.41) is 2.37. The van der Waals surface area contributed by atoms with Gasteiger partial charge in [0, 0.05) is 43.3 Å². The van der Waals surface area contributed by atoms with Crippen molar-refractivity contribution < 1.29 is 0 Å². The third-order valence-electron chi connectivity index (χ3n) is 11.0. The maximum Gasteiger partial charge on any atom is 0.164 e. The second kappa shape index (κ2) is 13.4. The summed E-state index contributed by atoms with van der Waals surface area (Å²) in [6.45, 7) is 0. The summed E-state index contributed by atoms with van der Waals surface area (Å²) in [5.74, 6) is 2.03. The van der Waals surface area contributed by atoms with Gasteiger partial charge in [-0.25, -0.2) is 15.0 Å². The van der Waals surface area contributed by atoms with Crippen LogP contribution in [0, 0.1) is 0 Å². The highest BCUT2D eigenvalue weighted by molar-refractivity contribution is 7.26. The topological polar surface area (TPSA) is 38.7 Å². The van der Waals surface area contributed by atoms with Crippen molar-refractivity contribution in [2.24, 2.45) is 0 Å². The Morgan fingerprint density at radius 1 is 0.321 bits per heavy atom. The Hall–Kier alpha value is -7.01. The zero-order valence-corrected chi connectivity index (χ0v) is 31.2. The molecule has 56 heavy (non-hydrogen) atoms. The van der Waals surface area contributed by atoms with Crippen LogP contribution in [0.3, 0.4) is 0 Å². The van der Waals surface area contributed by atoms with Crippen LogP contribution in [-0.4, -0.2) is 15.0 Å². The lowest BCUT2D eigenvalue weighted by atomic mass is 9.96. The van der Waals surface area contributed by atoms with Gasteiger partial charge in [0.25, 0.3) is 0 Å². The lowest BCUT2D eigenvalue weighted by Gasteiger charge is -2.12. The van der Waals surface area contributed by atoms with Crippen LogP contribution in [-0.2, 0) is 6.42 Å². The van der Waals surface area contributed by atoms with Crippen LogP contribution in [0.1, 0.15) is 11.1 Å². The molecule has 262 valence electrons. The summed E-state index contributed by atoms with van der Waals surface area (Å²) in [4.78, 5) is 15.8. The highest BCUT2D eigenvalue weighted by atomic mass is 32.1. The van der Waals surface area contributed by atoms with Crippen LogP contribution in [0.5, 0.6) is 0 Å². The molecule has 1 aliphatic carbocycles. The van der Waals surface area contributed by atoms with E-state index in [1.807, 2.05) is 29.5 Å². The van der Waals surface area contributed by atoms with Crippen LogP contribution in [0.15, 0.2) is 188 Å². The normalized spacial score (nSPS) is 11.9. The van der Waals surface area contributed by atoms with E-state index in [1.165, 1.54) is 75.8 Å². The number of thiophene rings is 1. The van der Waals surface area contributed by atoms with E-state index in [1.54, 1.807) is 0 Å². The Balaban J connectivity index is 1.08. The molecular weight excluding hydrogens is 699 g/mol. The Bertz CT molecular complexity index is 3100. The second-order valence-corrected chi connectivity index (χ2v) is 15.4. The molecule has 2 aromatic heterocycles. The Kier molecular flexibility index (Phi) is 7.75. The van der Waals surface area contributed by atoms with Gasteiger partial charge in [0.15, 0.2) is 17.5 Å². The number of hydrogen-bond acceptors (Lipinski definition) is 4. The molecule has 1 aliphatic rings. The average molecular weight is 732 g/mol. The molecule has 0 unspecified atom stereocenters. The minimum Gasteiger partial charge on any atom is -0.208 e. The van der Waals surface area contributed by atoms with E-state index >= 15 is 0 Å². The number of fused-ring (bicyclic) bond motifs is 6. The predicted octanol–water partition coefficient (Wildman–Crippen LogP) is 13.8. The highest BCUT2D eigenvalue weighted by Gasteiger charge is 2.26. The molecule has 0 fully saturated rings. The van der Waals surface area contributed by atoms with Crippen LogP contribution < -0.4 is 0 Å². The zero-order chi connectivity index (χ0) is 37.0. The zero-order valence-electron chi connectivity index (χ0n) is 30.4. The van der Waals surface area contributed by atoms with Gasteiger partial charge in [0.2, 0.25) is 0 Å². The van der Waals surface area contributed by atoms with Gasteiger partial charge < -0.3 is 0 Å². The maximum atomic E-state index is 5.37. The minimum atomic E-state index is 0.665. The van der Waals surface area contributed by atoms with E-state index in [0.29, 0.717) is 17.5 Å². The van der Waals surface area contributed by atoms with Gasteiger partial charge >= 0.3 is 0 Å². The van der Waals surface area contributed by atoms with Crippen LogP contribution in [0.2, 0.25) is 0 Å². The first-order valence-corrected chi connectivity index (χ1v) is 19.8. The molecule has 3 nitrogen and oxygen atoms in total. The molecule has 8 aromatic carbocycles. The molecule has 0 N–H and O–H groups in total. The van der Waals surface area contributed by atoms with Crippen LogP contribution in [0.4, 0.5) is 0 Å². The number of aromatic nitrogens is 3. The van der Waals surface area contributed by atoms with Gasteiger partial charge in [-0.05, 0) is 79.9 Å². The molecule has 11 rings (SSSR count). The Labute approximate surface area is 329 Å². The molecule has 0 spiro atoms. The SMILES string of the molecule is c1ccc(-c2cccc(-c3ccc4sc5cccc(-c6nc(-c7ccccc7)nc(-c7cccc8c7Cc7c(-c9ccccc9)cccc7-8)n6)c5c4c3)c2)cc1. The van der Waals surface area contributed by atoms with Crippen molar-refractivity contribution in [2.45, 2.75) is 6.42 Å². The molecule has 0 saturated heterocycles. The van der Waals surface area contributed by atoms with Crippen molar-refractivity contribution in [1.82, 2.24) is 15.0 Å². The Morgan fingerprint density at radius 2 is 0.821 bits per heavy atom. The van der Waals surface area contributed by atoms with E-state index in [0.717, 1.165) is 23.1 Å². The fourth-order valence-electron chi connectivity index (χ4n) is 8.37. The molecular formula is C52H33N3S. The molecule has 0 atom stereocenters. The van der Waals surface area contributed by atoms with E-state index in [4.69, 9.17) is 15.0 Å². The van der Waals surface area contributed by atoms with Crippen molar-refractivity contribution in [3.63, 3.8) is 0 Å². The van der Waals surface area contributed by atoms with Gasteiger partial charge in [-0.1, -0.05) is 164 Å². The molecule has 0 radical (unpaired) electrons. The van der Waals surface area contributed by atoms with Crippen molar-refractivity contribution in [3.8, 4) is 78.7 Å². The van der Waals surface area contributed by atoms with Gasteiger partial charge in [0.1, 0.15) is 0 Å². The van der Waals surface area contributed by atoms with Crippen molar-refractivity contribution in [3.05, 3.63) is 199 Å². The Morgan fingerprint density at radius 3 is 1.55 bits per heavy atom. The summed E-state index contributed by atoms with van der Waals surface area (Å²) in [6, 6.07) is 67.0. The summed E-state index contributed by atoms with van der Waals surface area (Å²) >= 11 is 1.81. The predicted molar refractivity (Wildman–Crippen MR) is 234 cm³/mol. The lowest BCUT2D eigenvalue weighted by molar-refractivity contribution is 1.07. The first-order valence-electron chi connectivity index (χ1n) is 19.0. The fraction of sp³-hybridized carbons (Fsp3) is 0.0192. The largest absolute Gasteiger partial charge is 0.208 e. The van der Waals surface area contributed by atoms with Gasteiger partial charge in [-0.2, -0.15) is 0 Å². The summed E-state index contributed by atoms with van der Waals surface area (Å²) in [6.07, 6.45) is 0.812. The van der Waals surface area contributed by atoms with E-state index in [2.05, 4.69) is 170 Å². The first kappa shape index (κ1) is 32.4. The second-order valence-electron chi connectivity index (χ2n) is 14.3. The first-order chi connectivity index (χ1) is 27.7. The lowest BCUT2D eigenvalue weighted by Crippen LogP contribution is -2.02. The minimum absolute atomic E-state index is 0.665. The molecule has 0 aliphatic heterocycles. The quantitative estimate of drug-likeness (QED) is 0.171. The van der Waals surface area contributed by atoms with Crippen molar-refractivity contribution in [1.29, 1.82) is 0 Å². The van der Waals surface area contributed by atoms with Gasteiger partial charge in [-0.3, -0.25) is 0 Å². The third kappa shape index (κ3) is 5.54. The molecule has 0 bridgehead atoms. The molecule has 0 saturated carbocycles. The number of rotatable bonds is 6. The summed E-state index contributed by atoms with van der Waals surface area (Å²) < 4.78 is 2.45. The van der Waals surface area contributed by atoms with E-state index in [-0.39, 0.29) is 0 Å². The molecule has 2 heterocycles.